The van der Waals surface area contributed by atoms with Crippen molar-refractivity contribution in [3.8, 4) is 12.1 Å². The summed E-state index contributed by atoms with van der Waals surface area (Å²) >= 11 is 6.03. The van der Waals surface area contributed by atoms with Gasteiger partial charge in [-0.3, -0.25) is 4.79 Å². The molecule has 0 spiro atoms. The Morgan fingerprint density at radius 3 is 2.41 bits per heavy atom. The van der Waals surface area contributed by atoms with E-state index in [0.717, 1.165) is 16.8 Å². The third-order valence-corrected chi connectivity index (χ3v) is 5.81. The maximum Gasteiger partial charge on any atom is 0.176 e. The Labute approximate surface area is 162 Å². The quantitative estimate of drug-likeness (QED) is 0.785. The zero-order valence-corrected chi connectivity index (χ0v) is 15.4. The summed E-state index contributed by atoms with van der Waals surface area (Å²) in [5.74, 6) is -0.652. The second kappa shape index (κ2) is 6.27. The average molecular weight is 374 g/mol. The largest absolute Gasteiger partial charge is 0.351 e. The molecule has 0 saturated carbocycles. The van der Waals surface area contributed by atoms with E-state index in [0.29, 0.717) is 5.02 Å². The zero-order chi connectivity index (χ0) is 19.2. The van der Waals surface area contributed by atoms with Gasteiger partial charge in [0.25, 0.3) is 0 Å². The first-order valence-corrected chi connectivity index (χ1v) is 9.05. The van der Waals surface area contributed by atoms with E-state index < -0.39 is 23.4 Å². The van der Waals surface area contributed by atoms with Crippen molar-refractivity contribution in [1.82, 2.24) is 0 Å². The Kier molecular flexibility index (Phi) is 4.02. The summed E-state index contributed by atoms with van der Waals surface area (Å²) in [7, 11) is 0. The molecule has 0 amide bonds. The summed E-state index contributed by atoms with van der Waals surface area (Å²) in [5, 5.41) is 20.8. The second-order valence-electron chi connectivity index (χ2n) is 6.95. The molecule has 1 fully saturated rings. The maximum absolute atomic E-state index is 12.8. The summed E-state index contributed by atoms with van der Waals surface area (Å²) in [4.78, 5) is 14.7. The highest BCUT2D eigenvalue weighted by Gasteiger charge is 2.62. The number of hydrogen-bond acceptors (Lipinski definition) is 4. The van der Waals surface area contributed by atoms with Gasteiger partial charge < -0.3 is 4.90 Å². The van der Waals surface area contributed by atoms with Gasteiger partial charge in [0.2, 0.25) is 0 Å². The van der Waals surface area contributed by atoms with Crippen LogP contribution in [0.15, 0.2) is 54.6 Å². The molecule has 0 radical (unpaired) electrons. The lowest BCUT2D eigenvalue weighted by atomic mass is 9.69. The standard InChI is InChI=1S/C22H16ClN3O/c1-14(27)21-20(16-6-9-17(23)10-7-16)22(12-24,13-25)19-11-8-15-4-2-3-5-18(15)26(19)21/h2-11,19-21H,1H3. The van der Waals surface area contributed by atoms with E-state index in [1.807, 2.05) is 41.3 Å². The minimum Gasteiger partial charge on any atom is -0.351 e. The number of Topliss-reactive ketones (excluding diaryl/α,β-unsaturated/α-hetero) is 1. The van der Waals surface area contributed by atoms with E-state index in [1.165, 1.54) is 6.92 Å². The van der Waals surface area contributed by atoms with Crippen LogP contribution in [0.2, 0.25) is 5.02 Å². The van der Waals surface area contributed by atoms with Gasteiger partial charge in [-0.25, -0.2) is 0 Å². The molecule has 4 nitrogen and oxygen atoms in total. The molecule has 0 aromatic heterocycles. The highest BCUT2D eigenvalue weighted by Crippen LogP contribution is 2.55. The Morgan fingerprint density at radius 2 is 1.78 bits per heavy atom. The number of ketones is 1. The van der Waals surface area contributed by atoms with E-state index >= 15 is 0 Å². The lowest BCUT2D eigenvalue weighted by Gasteiger charge is -2.35. The third-order valence-electron chi connectivity index (χ3n) is 5.56. The molecule has 132 valence electrons. The molecule has 0 aliphatic carbocycles. The first-order valence-electron chi connectivity index (χ1n) is 8.67. The minimum atomic E-state index is -1.38. The van der Waals surface area contributed by atoms with Crippen LogP contribution in [0, 0.1) is 28.1 Å². The monoisotopic (exact) mass is 373 g/mol. The first-order chi connectivity index (χ1) is 13.0. The minimum absolute atomic E-state index is 0.0718. The molecule has 5 heteroatoms. The van der Waals surface area contributed by atoms with Gasteiger partial charge >= 0.3 is 0 Å². The Morgan fingerprint density at radius 1 is 1.11 bits per heavy atom. The number of hydrogen-bond donors (Lipinski definition) is 0. The van der Waals surface area contributed by atoms with Crippen molar-refractivity contribution in [1.29, 1.82) is 10.5 Å². The maximum atomic E-state index is 12.8. The normalized spacial score (nSPS) is 24.4. The van der Waals surface area contributed by atoms with Crippen LogP contribution >= 0.6 is 11.6 Å². The molecule has 4 rings (SSSR count). The molecule has 2 aliphatic heterocycles. The molecule has 1 saturated heterocycles. The highest BCUT2D eigenvalue weighted by atomic mass is 35.5. The number of halogens is 1. The smallest absolute Gasteiger partial charge is 0.176 e. The van der Waals surface area contributed by atoms with Gasteiger partial charge in [-0.05, 0) is 36.2 Å². The van der Waals surface area contributed by atoms with Crippen molar-refractivity contribution in [3.05, 3.63) is 70.8 Å². The van der Waals surface area contributed by atoms with Gasteiger partial charge in [-0.1, -0.05) is 54.1 Å². The molecular weight excluding hydrogens is 358 g/mol. The van der Waals surface area contributed by atoms with Crippen molar-refractivity contribution in [2.24, 2.45) is 5.41 Å². The molecule has 0 bridgehead atoms. The van der Waals surface area contributed by atoms with Crippen molar-refractivity contribution in [2.45, 2.75) is 24.9 Å². The van der Waals surface area contributed by atoms with E-state index in [1.54, 1.807) is 24.3 Å². The van der Waals surface area contributed by atoms with Gasteiger partial charge in [0, 0.05) is 16.6 Å². The van der Waals surface area contributed by atoms with Crippen molar-refractivity contribution >= 4 is 29.1 Å². The molecule has 2 aromatic carbocycles. The predicted molar refractivity (Wildman–Crippen MR) is 104 cm³/mol. The number of nitriles is 2. The molecular formula is C22H16ClN3O. The number of para-hydroxylation sites is 1. The van der Waals surface area contributed by atoms with Crippen molar-refractivity contribution < 1.29 is 4.79 Å². The van der Waals surface area contributed by atoms with Crippen LogP contribution in [0.1, 0.15) is 24.0 Å². The number of carbonyl (C=O) groups excluding carboxylic acids is 1. The predicted octanol–water partition coefficient (Wildman–Crippen LogP) is 4.33. The first kappa shape index (κ1) is 17.3. The van der Waals surface area contributed by atoms with Crippen LogP contribution in [0.3, 0.4) is 0 Å². The Hall–Kier alpha value is -3.08. The van der Waals surface area contributed by atoms with Crippen molar-refractivity contribution in [3.63, 3.8) is 0 Å². The van der Waals surface area contributed by atoms with E-state index in [-0.39, 0.29) is 5.78 Å². The fourth-order valence-electron chi connectivity index (χ4n) is 4.43. The molecule has 2 heterocycles. The van der Waals surface area contributed by atoms with E-state index in [4.69, 9.17) is 11.6 Å². The molecule has 2 aromatic rings. The van der Waals surface area contributed by atoms with Crippen LogP contribution in [0.25, 0.3) is 6.08 Å². The summed E-state index contributed by atoms with van der Waals surface area (Å²) in [5.41, 5.74) is 1.23. The average Bonchev–Trinajstić information content (AvgIpc) is 3.00. The van der Waals surface area contributed by atoms with Crippen LogP contribution in [-0.2, 0) is 4.79 Å². The molecule has 2 aliphatic rings. The lowest BCUT2D eigenvalue weighted by Crippen LogP contribution is -2.43. The van der Waals surface area contributed by atoms with Crippen molar-refractivity contribution in [2.75, 3.05) is 4.90 Å². The number of anilines is 1. The topological polar surface area (TPSA) is 67.9 Å². The highest BCUT2D eigenvalue weighted by molar-refractivity contribution is 6.30. The summed E-state index contributed by atoms with van der Waals surface area (Å²) < 4.78 is 0. The van der Waals surface area contributed by atoms with Crippen LogP contribution in [0.5, 0.6) is 0 Å². The van der Waals surface area contributed by atoms with Crippen LogP contribution in [0.4, 0.5) is 5.69 Å². The number of rotatable bonds is 2. The zero-order valence-electron chi connectivity index (χ0n) is 14.6. The number of carbonyl (C=O) groups is 1. The molecule has 3 atom stereocenters. The Balaban J connectivity index is 1.99. The SMILES string of the molecule is CC(=O)C1C(c2ccc(Cl)cc2)C(C#N)(C#N)C2C=Cc3ccccc3N12. The van der Waals surface area contributed by atoms with Gasteiger partial charge in [0.05, 0.1) is 24.2 Å². The summed E-state index contributed by atoms with van der Waals surface area (Å²) in [6.45, 7) is 1.52. The van der Waals surface area contributed by atoms with Gasteiger partial charge in [0.15, 0.2) is 11.2 Å². The van der Waals surface area contributed by atoms with Gasteiger partial charge in [-0.2, -0.15) is 10.5 Å². The molecule has 27 heavy (non-hydrogen) atoms. The number of benzene rings is 2. The lowest BCUT2D eigenvalue weighted by molar-refractivity contribution is -0.118. The molecule has 3 unspecified atom stereocenters. The number of nitrogens with zero attached hydrogens (tertiary/aromatic N) is 3. The van der Waals surface area contributed by atoms with E-state index in [2.05, 4.69) is 12.1 Å². The Bertz CT molecular complexity index is 1010. The fourth-order valence-corrected chi connectivity index (χ4v) is 4.56. The third kappa shape index (κ3) is 2.38. The molecule has 0 N–H and O–H groups in total. The second-order valence-corrected chi connectivity index (χ2v) is 7.38. The summed E-state index contributed by atoms with van der Waals surface area (Å²) in [6.07, 6.45) is 3.81. The van der Waals surface area contributed by atoms with Gasteiger partial charge in [0.1, 0.15) is 0 Å². The number of fused-ring (bicyclic) bond motifs is 3. The summed E-state index contributed by atoms with van der Waals surface area (Å²) in [6, 6.07) is 18.2. The van der Waals surface area contributed by atoms with Crippen LogP contribution < -0.4 is 4.90 Å². The fraction of sp³-hybridized carbons (Fsp3) is 0.227. The van der Waals surface area contributed by atoms with Crippen LogP contribution in [-0.4, -0.2) is 17.9 Å². The van der Waals surface area contributed by atoms with E-state index in [9.17, 15) is 15.3 Å². The van der Waals surface area contributed by atoms with Gasteiger partial charge in [-0.15, -0.1) is 0 Å².